The van der Waals surface area contributed by atoms with E-state index in [4.69, 9.17) is 4.74 Å². The van der Waals surface area contributed by atoms with Gasteiger partial charge in [0, 0.05) is 200 Å². The van der Waals surface area contributed by atoms with Crippen molar-refractivity contribution in [2.75, 3.05) is 242 Å². The number of β-amino-alcohol motifs (C(OH)–C–C–N with tert-alkyl or cyclic N) is 3. The summed E-state index contributed by atoms with van der Waals surface area (Å²) in [5.74, 6) is -10.8. The molecule has 7 rings (SSSR count). The summed E-state index contributed by atoms with van der Waals surface area (Å²) in [7, 11) is 0. The highest BCUT2D eigenvalue weighted by Gasteiger charge is 2.29. The summed E-state index contributed by atoms with van der Waals surface area (Å²) in [5, 5.41) is 160. The third-order valence-corrected chi connectivity index (χ3v) is 19.2. The van der Waals surface area contributed by atoms with Gasteiger partial charge in [-0.1, -0.05) is 15.6 Å². The topological polar surface area (TPSA) is 574 Å². The minimum Gasteiger partial charge on any atom is -0.492 e. The second-order valence-electron chi connectivity index (χ2n) is 28.5. The van der Waals surface area contributed by atoms with E-state index in [9.17, 15) is 114 Å². The Labute approximate surface area is 650 Å². The molecular formula is C68H107N21O24. The summed E-state index contributed by atoms with van der Waals surface area (Å²) in [6, 6.07) is 3.34. The maximum atomic E-state index is 12.0. The van der Waals surface area contributed by atoms with Gasteiger partial charge in [-0.25, -0.2) is 14.0 Å². The van der Waals surface area contributed by atoms with Gasteiger partial charge in [0.25, 0.3) is 0 Å². The van der Waals surface area contributed by atoms with Crippen molar-refractivity contribution in [1.29, 1.82) is 0 Å². The molecule has 0 radical (unpaired) electrons. The van der Waals surface area contributed by atoms with Crippen LogP contribution in [0.4, 0.5) is 0 Å². The minimum atomic E-state index is -1.18. The molecule has 628 valence electrons. The number of benzene rings is 1. The quantitative estimate of drug-likeness (QED) is 0.0185. The molecule has 6 heterocycles. The van der Waals surface area contributed by atoms with E-state index in [1.807, 2.05) is 14.7 Å². The van der Waals surface area contributed by atoms with E-state index < -0.39 is 78.0 Å². The number of aromatic nitrogens is 9. The predicted octanol–water partition coefficient (Wildman–Crippen LogP) is -6.40. The number of nitrogens with zero attached hydrogens (tertiary/aromatic N) is 21. The van der Waals surface area contributed by atoms with Crippen LogP contribution in [-0.2, 0) is 67.6 Å². The van der Waals surface area contributed by atoms with Crippen LogP contribution < -0.4 is 4.74 Å². The molecule has 3 saturated heterocycles. The van der Waals surface area contributed by atoms with Crippen LogP contribution in [0.2, 0.25) is 0 Å². The van der Waals surface area contributed by atoms with E-state index in [-0.39, 0.29) is 315 Å². The summed E-state index contributed by atoms with van der Waals surface area (Å²) >= 11 is 0. The Morgan fingerprint density at radius 2 is 0.504 bits per heavy atom. The third-order valence-electron chi connectivity index (χ3n) is 19.2. The first kappa shape index (κ1) is 90.7. The SMILES string of the molecule is O=C(O)CCCCOc1c(-c2cn(CC(O)CN3CCN(CC(=O)O)CCN(CC(=O)O)CCN(CC(=O)O)CC3)nn2)cc(-c2cn(CC(O)CN3CCN(CC(=O)O)CCN(CC(=O)O)CCN(CC(=O)O)CC3)nn2)cc1-c1cn(CC(O)CN2CCN(CC(=O)O)CCN(CC(=O)O)CCN(CC(=O)O)CC2)nn1. The van der Waals surface area contributed by atoms with E-state index in [0.29, 0.717) is 5.56 Å². The largest absolute Gasteiger partial charge is 0.492 e. The molecule has 1 aromatic carbocycles. The first-order chi connectivity index (χ1) is 53.8. The van der Waals surface area contributed by atoms with Crippen molar-refractivity contribution >= 4 is 59.7 Å². The first-order valence-corrected chi connectivity index (χ1v) is 37.3. The zero-order chi connectivity index (χ0) is 82.1. The van der Waals surface area contributed by atoms with E-state index in [0.717, 1.165) is 0 Å². The van der Waals surface area contributed by atoms with Crippen LogP contribution >= 0.6 is 0 Å². The van der Waals surface area contributed by atoms with Crippen molar-refractivity contribution in [3.05, 3.63) is 30.7 Å². The molecule has 4 aromatic rings. The molecule has 0 amide bonds. The van der Waals surface area contributed by atoms with Gasteiger partial charge < -0.3 is 71.1 Å². The zero-order valence-corrected chi connectivity index (χ0v) is 63.2. The van der Waals surface area contributed by atoms with Crippen molar-refractivity contribution in [3.63, 3.8) is 0 Å². The van der Waals surface area contributed by atoms with Crippen LogP contribution in [0, 0.1) is 0 Å². The first-order valence-electron chi connectivity index (χ1n) is 37.3. The number of hydrogen-bond donors (Lipinski definition) is 13. The average molecular weight is 1600 g/mol. The molecule has 0 bridgehead atoms. The second-order valence-corrected chi connectivity index (χ2v) is 28.5. The van der Waals surface area contributed by atoms with Gasteiger partial charge in [0.15, 0.2) is 0 Å². The van der Waals surface area contributed by atoms with Crippen LogP contribution in [0.15, 0.2) is 30.7 Å². The fraction of sp³-hybridized carbons (Fsp3) is 0.676. The van der Waals surface area contributed by atoms with Gasteiger partial charge in [-0.3, -0.25) is 107 Å². The van der Waals surface area contributed by atoms with Crippen LogP contribution in [0.3, 0.4) is 0 Å². The van der Waals surface area contributed by atoms with Gasteiger partial charge >= 0.3 is 59.7 Å². The normalized spacial score (nSPS) is 18.8. The summed E-state index contributed by atoms with van der Waals surface area (Å²) in [4.78, 5) is 140. The third kappa shape index (κ3) is 34.4. The van der Waals surface area contributed by atoms with Crippen LogP contribution in [0.1, 0.15) is 19.3 Å². The molecule has 45 nitrogen and oxygen atoms in total. The Bertz CT molecular complexity index is 3490. The lowest BCUT2D eigenvalue weighted by atomic mass is 9.98. The summed E-state index contributed by atoms with van der Waals surface area (Å²) in [5.41, 5.74) is 1.46. The van der Waals surface area contributed by atoms with Crippen molar-refractivity contribution in [3.8, 4) is 39.5 Å². The molecule has 3 fully saturated rings. The monoisotopic (exact) mass is 1600 g/mol. The molecule has 3 unspecified atom stereocenters. The van der Waals surface area contributed by atoms with Gasteiger partial charge in [-0.2, -0.15) is 0 Å². The lowest BCUT2D eigenvalue weighted by Crippen LogP contribution is -2.49. The summed E-state index contributed by atoms with van der Waals surface area (Å²) in [6.07, 6.45) is 1.39. The van der Waals surface area contributed by atoms with Crippen molar-refractivity contribution in [2.24, 2.45) is 0 Å². The van der Waals surface area contributed by atoms with E-state index in [1.54, 1.807) is 62.4 Å². The van der Waals surface area contributed by atoms with Crippen molar-refractivity contribution in [2.45, 2.75) is 57.2 Å². The smallest absolute Gasteiger partial charge is 0.317 e. The van der Waals surface area contributed by atoms with Crippen LogP contribution in [-0.4, -0.2) is 490 Å². The van der Waals surface area contributed by atoms with E-state index >= 15 is 0 Å². The molecule has 3 aliphatic heterocycles. The Hall–Kier alpha value is -9.46. The molecule has 45 heteroatoms. The van der Waals surface area contributed by atoms with Gasteiger partial charge in [0.05, 0.1) is 122 Å². The Kier molecular flexibility index (Phi) is 37.5. The van der Waals surface area contributed by atoms with E-state index in [1.165, 1.54) is 26.4 Å². The maximum Gasteiger partial charge on any atom is 0.317 e. The highest BCUT2D eigenvalue weighted by molar-refractivity contribution is 5.85. The number of aliphatic hydroxyl groups is 3. The molecule has 3 atom stereocenters. The summed E-state index contributed by atoms with van der Waals surface area (Å²) in [6.45, 7) is 0.835. The molecule has 0 saturated carbocycles. The van der Waals surface area contributed by atoms with Gasteiger partial charge in [-0.05, 0) is 25.0 Å². The number of carboxylic acid groups (broad SMARTS) is 10. The highest BCUT2D eigenvalue weighted by atomic mass is 16.5. The van der Waals surface area contributed by atoms with Crippen molar-refractivity contribution in [1.82, 2.24) is 104 Å². The van der Waals surface area contributed by atoms with Crippen LogP contribution in [0.5, 0.6) is 5.75 Å². The van der Waals surface area contributed by atoms with Crippen LogP contribution in [0.25, 0.3) is 33.8 Å². The molecule has 13 N–H and O–H groups in total. The minimum absolute atomic E-state index is 0.000388. The molecule has 0 spiro atoms. The zero-order valence-electron chi connectivity index (χ0n) is 63.2. The molecule has 3 aliphatic rings. The Balaban J connectivity index is 1.22. The highest BCUT2D eigenvalue weighted by Crippen LogP contribution is 2.42. The number of ether oxygens (including phenoxy) is 1. The van der Waals surface area contributed by atoms with Crippen molar-refractivity contribution < 1.29 is 119 Å². The standard InChI is InChI=1S/C68H107N21O24/c90-50(31-75-4-10-78(40-59(95)96)16-22-84(46-65(107)108)23-17-79(11-5-75)41-60(97)98)34-87-37-55(69-72-87)49-29-53(56-38-88(73-70-56)35-51(91)32-76-6-12-80(42-61(99)100)18-24-85(47-66(109)110)25-19-81(13-7-76)43-62(101)102)68(113-28-2-1-3-58(93)94)54(30-49)57-39-89(74-71-57)36-52(92)33-77-8-14-82(44-63(103)104)20-26-86(48-67(111)112)27-21-83(15-9-77)45-64(105)106/h29-30,37-39,50-52,90-92H,1-28,31-36,40-48H2,(H,93,94)(H,95,96)(H,97,98)(H,99,100)(H,101,102)(H,103,104)(H,105,106)(H,107,108)(H,109,110)(H,111,112). The number of unbranched alkanes of at least 4 members (excludes halogenated alkanes) is 1. The van der Waals surface area contributed by atoms with Gasteiger partial charge in [0.2, 0.25) is 0 Å². The molecule has 113 heavy (non-hydrogen) atoms. The second kappa shape index (κ2) is 46.7. The number of carboxylic acids is 10. The Morgan fingerprint density at radius 1 is 0.292 bits per heavy atom. The summed E-state index contributed by atoms with van der Waals surface area (Å²) < 4.78 is 10.8. The number of carbonyl (C=O) groups is 10. The number of hydrogen-bond acceptors (Lipinski definition) is 32. The Morgan fingerprint density at radius 3 is 0.726 bits per heavy atom. The van der Waals surface area contributed by atoms with E-state index in [2.05, 4.69) is 30.9 Å². The number of rotatable bonds is 39. The molecular weight excluding hydrogens is 1490 g/mol. The fourth-order valence-corrected chi connectivity index (χ4v) is 13.6. The maximum absolute atomic E-state index is 12.0. The molecule has 0 aliphatic carbocycles. The fourth-order valence-electron chi connectivity index (χ4n) is 13.6. The van der Waals surface area contributed by atoms with Gasteiger partial charge in [-0.15, -0.1) is 15.3 Å². The number of aliphatic hydroxyl groups excluding tert-OH is 3. The number of aliphatic carboxylic acids is 10. The lowest BCUT2D eigenvalue weighted by molar-refractivity contribution is -0.140. The van der Waals surface area contributed by atoms with Gasteiger partial charge in [0.1, 0.15) is 22.8 Å². The predicted molar refractivity (Wildman–Crippen MR) is 394 cm³/mol. The average Bonchev–Trinajstić information content (AvgIpc) is 1.69. The molecule has 3 aromatic heterocycles. The lowest BCUT2D eigenvalue weighted by Gasteiger charge is -2.33.